The van der Waals surface area contributed by atoms with Crippen LogP contribution in [0.15, 0.2) is 42.5 Å². The van der Waals surface area contributed by atoms with Gasteiger partial charge in [0.1, 0.15) is 0 Å². The van der Waals surface area contributed by atoms with Crippen molar-refractivity contribution in [2.75, 3.05) is 12.4 Å². The molecule has 0 heterocycles. The van der Waals surface area contributed by atoms with Crippen LogP contribution in [0.1, 0.15) is 22.8 Å². The van der Waals surface area contributed by atoms with Crippen molar-refractivity contribution in [1.82, 2.24) is 0 Å². The Balaban J connectivity index is 2.23. The minimum atomic E-state index is -0.585. The van der Waals surface area contributed by atoms with Gasteiger partial charge in [-0.1, -0.05) is 0 Å². The molecule has 108 valence electrons. The highest BCUT2D eigenvalue weighted by molar-refractivity contribution is 6.09. The largest absolute Gasteiger partial charge is 0.494 e. The maximum Gasteiger partial charge on any atom is 0.221 e. The number of nitrogens with one attached hydrogen (secondary N) is 1. The molecular weight excluding hydrogens is 273 g/mol. The molecular formula is C16H14FNO3. The molecule has 0 bridgehead atoms. The second-order valence-electron chi connectivity index (χ2n) is 4.44. The van der Waals surface area contributed by atoms with Crippen LogP contribution in [0.4, 0.5) is 10.1 Å². The van der Waals surface area contributed by atoms with E-state index in [2.05, 4.69) is 5.32 Å². The monoisotopic (exact) mass is 287 g/mol. The highest BCUT2D eigenvalue weighted by atomic mass is 19.1. The number of anilines is 1. The second-order valence-corrected chi connectivity index (χ2v) is 4.44. The number of rotatable bonds is 4. The van der Waals surface area contributed by atoms with Crippen molar-refractivity contribution in [3.63, 3.8) is 0 Å². The van der Waals surface area contributed by atoms with Crippen LogP contribution < -0.4 is 10.1 Å². The van der Waals surface area contributed by atoms with Crippen LogP contribution >= 0.6 is 0 Å². The van der Waals surface area contributed by atoms with Gasteiger partial charge in [0, 0.05) is 23.7 Å². The lowest BCUT2D eigenvalue weighted by molar-refractivity contribution is -0.114. The summed E-state index contributed by atoms with van der Waals surface area (Å²) in [6.07, 6.45) is 0. The van der Waals surface area contributed by atoms with Crippen molar-refractivity contribution < 1.29 is 18.7 Å². The van der Waals surface area contributed by atoms with Gasteiger partial charge in [0.15, 0.2) is 17.3 Å². The fraction of sp³-hybridized carbons (Fsp3) is 0.125. The van der Waals surface area contributed by atoms with Gasteiger partial charge in [0.05, 0.1) is 7.11 Å². The average molecular weight is 287 g/mol. The Bertz CT molecular complexity index is 680. The number of carbonyl (C=O) groups is 2. The molecule has 0 saturated heterocycles. The fourth-order valence-electron chi connectivity index (χ4n) is 1.88. The van der Waals surface area contributed by atoms with Crippen LogP contribution in [0.2, 0.25) is 0 Å². The van der Waals surface area contributed by atoms with Gasteiger partial charge >= 0.3 is 0 Å². The summed E-state index contributed by atoms with van der Waals surface area (Å²) in [6.45, 7) is 1.40. The Hall–Kier alpha value is -2.69. The van der Waals surface area contributed by atoms with Crippen LogP contribution in [-0.2, 0) is 4.79 Å². The summed E-state index contributed by atoms with van der Waals surface area (Å²) < 4.78 is 18.4. The molecule has 2 rings (SSSR count). The molecule has 0 aliphatic rings. The number of ether oxygens (including phenoxy) is 1. The van der Waals surface area contributed by atoms with E-state index >= 15 is 0 Å². The molecule has 21 heavy (non-hydrogen) atoms. The highest BCUT2D eigenvalue weighted by Crippen LogP contribution is 2.20. The number of hydrogen-bond acceptors (Lipinski definition) is 3. The van der Waals surface area contributed by atoms with E-state index in [1.54, 1.807) is 24.3 Å². The summed E-state index contributed by atoms with van der Waals surface area (Å²) in [6, 6.07) is 10.5. The third kappa shape index (κ3) is 3.45. The molecule has 0 spiro atoms. The molecule has 0 fully saturated rings. The number of amides is 1. The van der Waals surface area contributed by atoms with E-state index in [0.717, 1.165) is 6.07 Å². The molecule has 5 heteroatoms. The van der Waals surface area contributed by atoms with Gasteiger partial charge in [-0.2, -0.15) is 0 Å². The Labute approximate surface area is 121 Å². The van der Waals surface area contributed by atoms with Gasteiger partial charge in [0.25, 0.3) is 0 Å². The standard InChI is InChI=1S/C16H14FNO3/c1-10(19)18-13-6-3-11(4-7-13)16(20)12-5-8-15(21-2)14(17)9-12/h3-9H,1-2H3,(H,18,19). The SMILES string of the molecule is COc1ccc(C(=O)c2ccc(NC(C)=O)cc2)cc1F. The summed E-state index contributed by atoms with van der Waals surface area (Å²) in [7, 11) is 1.36. The van der Waals surface area contributed by atoms with Crippen molar-refractivity contribution in [3.05, 3.63) is 59.4 Å². The van der Waals surface area contributed by atoms with E-state index in [-0.39, 0.29) is 23.0 Å². The zero-order valence-corrected chi connectivity index (χ0v) is 11.6. The van der Waals surface area contributed by atoms with E-state index < -0.39 is 5.82 Å². The number of halogens is 1. The first kappa shape index (κ1) is 14.7. The topological polar surface area (TPSA) is 55.4 Å². The van der Waals surface area contributed by atoms with Gasteiger partial charge in [-0.15, -0.1) is 0 Å². The molecule has 4 nitrogen and oxygen atoms in total. The summed E-state index contributed by atoms with van der Waals surface area (Å²) in [4.78, 5) is 23.2. The smallest absolute Gasteiger partial charge is 0.221 e. The Morgan fingerprint density at radius 3 is 2.19 bits per heavy atom. The lowest BCUT2D eigenvalue weighted by Crippen LogP contribution is -2.06. The second kappa shape index (κ2) is 6.17. The van der Waals surface area contributed by atoms with Crippen LogP contribution in [0.5, 0.6) is 5.75 Å². The zero-order valence-electron chi connectivity index (χ0n) is 11.6. The van der Waals surface area contributed by atoms with Crippen LogP contribution in [0, 0.1) is 5.82 Å². The van der Waals surface area contributed by atoms with E-state index in [1.807, 2.05) is 0 Å². The molecule has 0 aliphatic heterocycles. The third-order valence-electron chi connectivity index (χ3n) is 2.88. The Morgan fingerprint density at radius 2 is 1.67 bits per heavy atom. The lowest BCUT2D eigenvalue weighted by Gasteiger charge is -2.06. The number of ketones is 1. The van der Waals surface area contributed by atoms with Crippen molar-refractivity contribution >= 4 is 17.4 Å². The van der Waals surface area contributed by atoms with Crippen molar-refractivity contribution in [3.8, 4) is 5.75 Å². The van der Waals surface area contributed by atoms with Crippen LogP contribution in [0.25, 0.3) is 0 Å². The van der Waals surface area contributed by atoms with Gasteiger partial charge in [-0.25, -0.2) is 4.39 Å². The van der Waals surface area contributed by atoms with Gasteiger partial charge in [0.2, 0.25) is 5.91 Å². The molecule has 0 aromatic heterocycles. The molecule has 2 aromatic carbocycles. The molecule has 0 atom stereocenters. The van der Waals surface area contributed by atoms with Gasteiger partial charge in [-0.3, -0.25) is 9.59 Å². The predicted molar refractivity (Wildman–Crippen MR) is 77.1 cm³/mol. The third-order valence-corrected chi connectivity index (χ3v) is 2.88. The average Bonchev–Trinajstić information content (AvgIpc) is 2.46. The quantitative estimate of drug-likeness (QED) is 0.879. The van der Waals surface area contributed by atoms with E-state index in [1.165, 1.54) is 26.2 Å². The molecule has 1 amide bonds. The minimum absolute atomic E-state index is 0.0903. The maximum atomic E-state index is 13.6. The first-order valence-corrected chi connectivity index (χ1v) is 6.27. The van der Waals surface area contributed by atoms with Gasteiger partial charge in [-0.05, 0) is 42.5 Å². The molecule has 2 aromatic rings. The van der Waals surface area contributed by atoms with Crippen LogP contribution in [-0.4, -0.2) is 18.8 Å². The Morgan fingerprint density at radius 1 is 1.05 bits per heavy atom. The summed E-state index contributed by atoms with van der Waals surface area (Å²) in [5.41, 5.74) is 1.24. The first-order valence-electron chi connectivity index (χ1n) is 6.27. The number of methoxy groups -OCH3 is 1. The van der Waals surface area contributed by atoms with E-state index in [4.69, 9.17) is 4.74 Å². The lowest BCUT2D eigenvalue weighted by atomic mass is 10.0. The molecule has 0 radical (unpaired) electrons. The molecule has 0 aliphatic carbocycles. The van der Waals surface area contributed by atoms with Crippen molar-refractivity contribution in [1.29, 1.82) is 0 Å². The molecule has 1 N–H and O–H groups in total. The number of benzene rings is 2. The maximum absolute atomic E-state index is 13.6. The normalized spacial score (nSPS) is 10.0. The van der Waals surface area contributed by atoms with Crippen molar-refractivity contribution in [2.24, 2.45) is 0 Å². The van der Waals surface area contributed by atoms with E-state index in [0.29, 0.717) is 11.3 Å². The molecule has 0 saturated carbocycles. The van der Waals surface area contributed by atoms with Gasteiger partial charge < -0.3 is 10.1 Å². The summed E-state index contributed by atoms with van der Waals surface area (Å²) in [5.74, 6) is -0.983. The zero-order chi connectivity index (χ0) is 15.4. The number of carbonyl (C=O) groups excluding carboxylic acids is 2. The van der Waals surface area contributed by atoms with Crippen LogP contribution in [0.3, 0.4) is 0 Å². The first-order chi connectivity index (χ1) is 10.0. The van der Waals surface area contributed by atoms with Crippen molar-refractivity contribution in [2.45, 2.75) is 6.92 Å². The summed E-state index contributed by atoms with van der Waals surface area (Å²) >= 11 is 0. The summed E-state index contributed by atoms with van der Waals surface area (Å²) in [5, 5.41) is 2.61. The fourth-order valence-corrected chi connectivity index (χ4v) is 1.88. The number of hydrogen-bond donors (Lipinski definition) is 1. The highest BCUT2D eigenvalue weighted by Gasteiger charge is 2.12. The predicted octanol–water partition coefficient (Wildman–Crippen LogP) is 3.02. The molecule has 0 unspecified atom stereocenters. The Kier molecular flexibility index (Phi) is 4.33. The van der Waals surface area contributed by atoms with E-state index in [9.17, 15) is 14.0 Å². The minimum Gasteiger partial charge on any atom is -0.494 e.